The molecule has 0 aliphatic carbocycles. The van der Waals surface area contributed by atoms with E-state index in [9.17, 15) is 9.59 Å². The molecule has 0 bridgehead atoms. The Kier molecular flexibility index (Phi) is 5.62. The monoisotopic (exact) mass is 433 g/mol. The van der Waals surface area contributed by atoms with Gasteiger partial charge in [-0.15, -0.1) is 0 Å². The van der Waals surface area contributed by atoms with Gasteiger partial charge >= 0.3 is 12.1 Å². The zero-order chi connectivity index (χ0) is 21.9. The number of ether oxygens (including phenoxy) is 3. The topological polar surface area (TPSA) is 97.9 Å². The van der Waals surface area contributed by atoms with E-state index in [4.69, 9.17) is 14.2 Å². The second kappa shape index (κ2) is 8.86. The number of para-hydroxylation sites is 1. The van der Waals surface area contributed by atoms with Gasteiger partial charge in [0, 0.05) is 11.1 Å². The molecule has 8 heteroatoms. The minimum atomic E-state index is -0.570. The molecule has 32 heavy (non-hydrogen) atoms. The van der Waals surface area contributed by atoms with Crippen LogP contribution in [0.15, 0.2) is 72.8 Å². The van der Waals surface area contributed by atoms with Crippen LogP contribution in [0.4, 0.5) is 21.0 Å². The van der Waals surface area contributed by atoms with Gasteiger partial charge in [-0.05, 0) is 23.6 Å². The van der Waals surface area contributed by atoms with Crippen molar-refractivity contribution in [1.29, 1.82) is 0 Å². The first-order chi connectivity index (χ1) is 15.7. The average Bonchev–Trinajstić information content (AvgIpc) is 3.38. The van der Waals surface area contributed by atoms with Crippen molar-refractivity contribution < 1.29 is 23.8 Å². The summed E-state index contributed by atoms with van der Waals surface area (Å²) in [5.74, 6) is 0. The first-order valence-electron chi connectivity index (χ1n) is 10.5. The van der Waals surface area contributed by atoms with E-state index >= 15 is 0 Å². The SMILES string of the molecule is O=C(Nc1cccc2ccccc12)NC1COC2C(OC(=O)Nc3ccccc3)COC12. The van der Waals surface area contributed by atoms with Crippen LogP contribution < -0.4 is 16.0 Å². The van der Waals surface area contributed by atoms with E-state index in [1.165, 1.54) is 0 Å². The summed E-state index contributed by atoms with van der Waals surface area (Å²) in [5.41, 5.74) is 1.37. The summed E-state index contributed by atoms with van der Waals surface area (Å²) in [4.78, 5) is 24.8. The second-order valence-electron chi connectivity index (χ2n) is 7.76. The van der Waals surface area contributed by atoms with Crippen LogP contribution in [0.3, 0.4) is 0 Å². The van der Waals surface area contributed by atoms with E-state index in [0.29, 0.717) is 5.69 Å². The Balaban J connectivity index is 1.17. The molecule has 0 aromatic heterocycles. The molecule has 3 aromatic carbocycles. The summed E-state index contributed by atoms with van der Waals surface area (Å²) in [7, 11) is 0. The number of amides is 3. The molecule has 8 nitrogen and oxygen atoms in total. The first-order valence-corrected chi connectivity index (χ1v) is 10.5. The van der Waals surface area contributed by atoms with Crippen LogP contribution in [-0.2, 0) is 14.2 Å². The Hall–Kier alpha value is -3.62. The Morgan fingerprint density at radius 1 is 0.812 bits per heavy atom. The molecule has 0 radical (unpaired) electrons. The summed E-state index contributed by atoms with van der Waals surface area (Å²) < 4.78 is 17.1. The van der Waals surface area contributed by atoms with Crippen LogP contribution in [0.5, 0.6) is 0 Å². The zero-order valence-corrected chi connectivity index (χ0v) is 17.2. The fourth-order valence-electron chi connectivity index (χ4n) is 4.16. The van der Waals surface area contributed by atoms with E-state index in [-0.39, 0.29) is 31.4 Å². The summed E-state index contributed by atoms with van der Waals surface area (Å²) in [6.07, 6.45) is -1.93. The molecule has 2 aliphatic rings. The highest BCUT2D eigenvalue weighted by atomic mass is 16.6. The lowest BCUT2D eigenvalue weighted by Crippen LogP contribution is -2.46. The van der Waals surface area contributed by atoms with Crippen molar-refractivity contribution in [2.24, 2.45) is 0 Å². The van der Waals surface area contributed by atoms with Gasteiger partial charge < -0.3 is 24.8 Å². The van der Waals surface area contributed by atoms with E-state index in [1.54, 1.807) is 12.1 Å². The normalized spacial score (nSPS) is 24.0. The smallest absolute Gasteiger partial charge is 0.412 e. The molecule has 2 fully saturated rings. The largest absolute Gasteiger partial charge is 0.441 e. The van der Waals surface area contributed by atoms with Crippen LogP contribution in [-0.4, -0.2) is 49.7 Å². The number of carbonyl (C=O) groups is 2. The molecule has 3 aromatic rings. The number of fused-ring (bicyclic) bond motifs is 2. The maximum atomic E-state index is 12.6. The number of urea groups is 1. The van der Waals surface area contributed by atoms with Crippen molar-refractivity contribution in [1.82, 2.24) is 5.32 Å². The van der Waals surface area contributed by atoms with Gasteiger partial charge in [-0.25, -0.2) is 9.59 Å². The van der Waals surface area contributed by atoms with Gasteiger partial charge in [-0.1, -0.05) is 54.6 Å². The van der Waals surface area contributed by atoms with Gasteiger partial charge in [0.2, 0.25) is 0 Å². The minimum Gasteiger partial charge on any atom is -0.441 e. The molecule has 0 saturated carbocycles. The van der Waals surface area contributed by atoms with E-state index in [0.717, 1.165) is 16.5 Å². The number of benzene rings is 3. The highest BCUT2D eigenvalue weighted by Gasteiger charge is 2.50. The number of rotatable bonds is 4. The lowest BCUT2D eigenvalue weighted by atomic mass is 10.1. The van der Waals surface area contributed by atoms with Gasteiger partial charge in [0.25, 0.3) is 0 Å². The third-order valence-electron chi connectivity index (χ3n) is 5.64. The van der Waals surface area contributed by atoms with Crippen LogP contribution in [0.2, 0.25) is 0 Å². The molecule has 164 valence electrons. The van der Waals surface area contributed by atoms with E-state index < -0.39 is 18.3 Å². The third kappa shape index (κ3) is 4.23. The van der Waals surface area contributed by atoms with E-state index in [2.05, 4.69) is 16.0 Å². The van der Waals surface area contributed by atoms with Crippen molar-refractivity contribution in [2.75, 3.05) is 23.8 Å². The predicted octanol–water partition coefficient (Wildman–Crippen LogP) is 3.74. The highest BCUT2D eigenvalue weighted by Crippen LogP contribution is 2.29. The Morgan fingerprint density at radius 2 is 1.56 bits per heavy atom. The van der Waals surface area contributed by atoms with Gasteiger partial charge in [0.15, 0.2) is 6.10 Å². The molecule has 3 N–H and O–H groups in total. The minimum absolute atomic E-state index is 0.209. The maximum Gasteiger partial charge on any atom is 0.412 e. The third-order valence-corrected chi connectivity index (χ3v) is 5.64. The van der Waals surface area contributed by atoms with Gasteiger partial charge in [0.05, 0.1) is 24.9 Å². The standard InChI is InChI=1S/C24H23N3O5/c28-23(26-18-12-6-8-15-7-4-5-11-17(15)18)27-19-13-30-22-20(14-31-21(19)22)32-24(29)25-16-9-2-1-3-10-16/h1-12,19-22H,13-14H2,(H,25,29)(H2,26,27,28). The maximum absolute atomic E-state index is 12.6. The molecular formula is C24H23N3O5. The summed E-state index contributed by atoms with van der Waals surface area (Å²) in [6, 6.07) is 22.0. The quantitative estimate of drug-likeness (QED) is 0.582. The van der Waals surface area contributed by atoms with Crippen LogP contribution >= 0.6 is 0 Å². The molecule has 2 aliphatic heterocycles. The lowest BCUT2D eigenvalue weighted by Gasteiger charge is -2.18. The van der Waals surface area contributed by atoms with Gasteiger partial charge in [-0.3, -0.25) is 5.32 Å². The van der Waals surface area contributed by atoms with Crippen molar-refractivity contribution in [3.63, 3.8) is 0 Å². The molecule has 0 spiro atoms. The van der Waals surface area contributed by atoms with Crippen molar-refractivity contribution in [3.8, 4) is 0 Å². The molecule has 2 saturated heterocycles. The Labute approximate surface area is 184 Å². The predicted molar refractivity (Wildman–Crippen MR) is 120 cm³/mol. The second-order valence-corrected chi connectivity index (χ2v) is 7.76. The molecule has 3 amide bonds. The summed E-state index contributed by atoms with van der Waals surface area (Å²) in [6.45, 7) is 0.485. The lowest BCUT2D eigenvalue weighted by molar-refractivity contribution is 0.00874. The molecule has 4 unspecified atom stereocenters. The fourth-order valence-corrected chi connectivity index (χ4v) is 4.16. The summed E-state index contributed by atoms with van der Waals surface area (Å²) >= 11 is 0. The Bertz CT molecular complexity index is 1120. The van der Waals surface area contributed by atoms with Crippen LogP contribution in [0.1, 0.15) is 0 Å². The summed E-state index contributed by atoms with van der Waals surface area (Å²) in [5, 5.41) is 10.5. The average molecular weight is 433 g/mol. The van der Waals surface area contributed by atoms with Crippen molar-refractivity contribution >= 4 is 34.3 Å². The first kappa shape index (κ1) is 20.3. The fraction of sp³-hybridized carbons (Fsp3) is 0.250. The van der Waals surface area contributed by atoms with Gasteiger partial charge in [-0.2, -0.15) is 0 Å². The Morgan fingerprint density at radius 3 is 2.44 bits per heavy atom. The van der Waals surface area contributed by atoms with E-state index in [1.807, 2.05) is 60.7 Å². The molecule has 4 atom stereocenters. The van der Waals surface area contributed by atoms with Gasteiger partial charge in [0.1, 0.15) is 12.2 Å². The van der Waals surface area contributed by atoms with Crippen LogP contribution in [0.25, 0.3) is 10.8 Å². The molecular weight excluding hydrogens is 410 g/mol. The number of hydrogen-bond donors (Lipinski definition) is 3. The van der Waals surface area contributed by atoms with Crippen molar-refractivity contribution in [3.05, 3.63) is 72.8 Å². The zero-order valence-electron chi connectivity index (χ0n) is 17.2. The molecule has 2 heterocycles. The number of hydrogen-bond acceptors (Lipinski definition) is 5. The number of nitrogens with one attached hydrogen (secondary N) is 3. The number of anilines is 2. The highest BCUT2D eigenvalue weighted by molar-refractivity contribution is 6.01. The number of carbonyl (C=O) groups excluding carboxylic acids is 2. The van der Waals surface area contributed by atoms with Crippen molar-refractivity contribution in [2.45, 2.75) is 24.4 Å². The molecule has 5 rings (SSSR count). The van der Waals surface area contributed by atoms with Crippen LogP contribution in [0, 0.1) is 0 Å².